The van der Waals surface area contributed by atoms with Crippen LogP contribution in [0.25, 0.3) is 0 Å². The molecule has 92 valence electrons. The fourth-order valence-corrected chi connectivity index (χ4v) is 2.35. The maximum atomic E-state index is 11.3. The molecular formula is C13H24N2O. The summed E-state index contributed by atoms with van der Waals surface area (Å²) in [6.45, 7) is 3.08. The Kier molecular flexibility index (Phi) is 6.16. The number of nitrogens with one attached hydrogen (secondary N) is 1. The van der Waals surface area contributed by atoms with Crippen LogP contribution in [-0.4, -0.2) is 18.5 Å². The van der Waals surface area contributed by atoms with Crippen LogP contribution in [0, 0.1) is 5.92 Å². The maximum absolute atomic E-state index is 11.3. The lowest BCUT2D eigenvalue weighted by Gasteiger charge is -2.30. The van der Waals surface area contributed by atoms with Crippen molar-refractivity contribution in [2.75, 3.05) is 6.54 Å². The van der Waals surface area contributed by atoms with E-state index in [2.05, 4.69) is 24.4 Å². The second-order valence-electron chi connectivity index (χ2n) is 4.52. The largest absolute Gasteiger partial charge is 0.369 e. The highest BCUT2D eigenvalue weighted by Gasteiger charge is 2.28. The first-order chi connectivity index (χ1) is 7.75. The SMILES string of the molecule is CC/C=C/CCNC1CCCCC1C(N)=O. The van der Waals surface area contributed by atoms with Crippen molar-refractivity contribution in [3.05, 3.63) is 12.2 Å². The number of amides is 1. The first-order valence-electron chi connectivity index (χ1n) is 6.43. The van der Waals surface area contributed by atoms with E-state index >= 15 is 0 Å². The molecule has 0 aromatic carbocycles. The van der Waals surface area contributed by atoms with Gasteiger partial charge in [-0.05, 0) is 32.2 Å². The third kappa shape index (κ3) is 4.35. The summed E-state index contributed by atoms with van der Waals surface area (Å²) in [7, 11) is 0. The van der Waals surface area contributed by atoms with Gasteiger partial charge in [0.15, 0.2) is 0 Å². The summed E-state index contributed by atoms with van der Waals surface area (Å²) in [5.74, 6) is -0.0924. The molecule has 2 unspecified atom stereocenters. The number of hydrogen-bond donors (Lipinski definition) is 2. The average molecular weight is 224 g/mol. The normalized spacial score (nSPS) is 26.1. The molecular weight excluding hydrogens is 200 g/mol. The van der Waals surface area contributed by atoms with Gasteiger partial charge < -0.3 is 11.1 Å². The van der Waals surface area contributed by atoms with Gasteiger partial charge in [0, 0.05) is 6.04 Å². The molecule has 0 saturated heterocycles. The second kappa shape index (κ2) is 7.44. The van der Waals surface area contributed by atoms with Gasteiger partial charge in [-0.2, -0.15) is 0 Å². The summed E-state index contributed by atoms with van der Waals surface area (Å²) in [5.41, 5.74) is 5.42. The zero-order valence-electron chi connectivity index (χ0n) is 10.2. The number of primary amides is 1. The van der Waals surface area contributed by atoms with E-state index < -0.39 is 0 Å². The number of hydrogen-bond acceptors (Lipinski definition) is 2. The third-order valence-electron chi connectivity index (χ3n) is 3.25. The van der Waals surface area contributed by atoms with E-state index in [4.69, 9.17) is 5.73 Å². The number of nitrogens with two attached hydrogens (primary N) is 1. The van der Waals surface area contributed by atoms with Crippen molar-refractivity contribution >= 4 is 5.91 Å². The van der Waals surface area contributed by atoms with Crippen molar-refractivity contribution in [1.29, 1.82) is 0 Å². The molecule has 0 radical (unpaired) electrons. The molecule has 1 saturated carbocycles. The standard InChI is InChI=1S/C13H24N2O/c1-2-3-4-7-10-15-12-9-6-5-8-11(12)13(14)16/h3-4,11-12,15H,2,5-10H2,1H3,(H2,14,16)/b4-3+. The average Bonchev–Trinajstić information content (AvgIpc) is 2.29. The number of carbonyl (C=O) groups excluding carboxylic acids is 1. The summed E-state index contributed by atoms with van der Waals surface area (Å²) in [6.07, 6.45) is 10.9. The van der Waals surface area contributed by atoms with Crippen LogP contribution in [0.15, 0.2) is 12.2 Å². The molecule has 0 spiro atoms. The van der Waals surface area contributed by atoms with Crippen molar-refractivity contribution in [3.63, 3.8) is 0 Å². The van der Waals surface area contributed by atoms with Crippen LogP contribution in [0.5, 0.6) is 0 Å². The number of allylic oxidation sites excluding steroid dienone is 1. The molecule has 1 amide bonds. The zero-order valence-corrected chi connectivity index (χ0v) is 10.2. The molecule has 0 bridgehead atoms. The number of carbonyl (C=O) groups is 1. The van der Waals surface area contributed by atoms with Crippen LogP contribution >= 0.6 is 0 Å². The van der Waals surface area contributed by atoms with Crippen LogP contribution < -0.4 is 11.1 Å². The lowest BCUT2D eigenvalue weighted by molar-refractivity contribution is -0.123. The van der Waals surface area contributed by atoms with Crippen LogP contribution in [0.3, 0.4) is 0 Å². The Hall–Kier alpha value is -0.830. The predicted molar refractivity (Wildman–Crippen MR) is 67.0 cm³/mol. The molecule has 1 rings (SSSR count). The van der Waals surface area contributed by atoms with Gasteiger partial charge in [0.1, 0.15) is 0 Å². The van der Waals surface area contributed by atoms with Crippen molar-refractivity contribution < 1.29 is 4.79 Å². The molecule has 1 aliphatic rings. The second-order valence-corrected chi connectivity index (χ2v) is 4.52. The van der Waals surface area contributed by atoms with E-state index in [0.29, 0.717) is 6.04 Å². The summed E-state index contributed by atoms with van der Waals surface area (Å²) in [5, 5.41) is 3.46. The summed E-state index contributed by atoms with van der Waals surface area (Å²) in [6, 6.07) is 0.307. The van der Waals surface area contributed by atoms with Crippen LogP contribution in [0.4, 0.5) is 0 Å². The summed E-state index contributed by atoms with van der Waals surface area (Å²) >= 11 is 0. The summed E-state index contributed by atoms with van der Waals surface area (Å²) < 4.78 is 0. The van der Waals surface area contributed by atoms with E-state index in [1.54, 1.807) is 0 Å². The monoisotopic (exact) mass is 224 g/mol. The third-order valence-corrected chi connectivity index (χ3v) is 3.25. The van der Waals surface area contributed by atoms with Crippen LogP contribution in [-0.2, 0) is 4.79 Å². The van der Waals surface area contributed by atoms with Gasteiger partial charge in [-0.1, -0.05) is 31.9 Å². The van der Waals surface area contributed by atoms with Gasteiger partial charge in [0.25, 0.3) is 0 Å². The molecule has 0 aromatic heterocycles. The quantitative estimate of drug-likeness (QED) is 0.535. The highest BCUT2D eigenvalue weighted by molar-refractivity contribution is 5.77. The molecule has 2 atom stereocenters. The first kappa shape index (κ1) is 13.2. The minimum absolute atomic E-state index is 0.0453. The van der Waals surface area contributed by atoms with Gasteiger partial charge >= 0.3 is 0 Å². The van der Waals surface area contributed by atoms with Crippen LogP contribution in [0.1, 0.15) is 45.4 Å². The van der Waals surface area contributed by atoms with Crippen molar-refractivity contribution in [2.24, 2.45) is 11.7 Å². The Morgan fingerprint density at radius 2 is 2.12 bits per heavy atom. The lowest BCUT2D eigenvalue weighted by atomic mass is 9.84. The maximum Gasteiger partial charge on any atom is 0.222 e. The molecule has 3 heteroatoms. The van der Waals surface area contributed by atoms with Crippen molar-refractivity contribution in [1.82, 2.24) is 5.32 Å². The Morgan fingerprint density at radius 1 is 1.38 bits per heavy atom. The fraction of sp³-hybridized carbons (Fsp3) is 0.769. The van der Waals surface area contributed by atoms with E-state index in [1.807, 2.05) is 0 Å². The fourth-order valence-electron chi connectivity index (χ4n) is 2.35. The minimum Gasteiger partial charge on any atom is -0.369 e. The van der Waals surface area contributed by atoms with Crippen LogP contribution in [0.2, 0.25) is 0 Å². The van der Waals surface area contributed by atoms with Gasteiger partial charge in [-0.3, -0.25) is 4.79 Å². The Bertz CT molecular complexity index is 238. The Morgan fingerprint density at radius 3 is 2.81 bits per heavy atom. The molecule has 1 aliphatic carbocycles. The highest BCUT2D eigenvalue weighted by Crippen LogP contribution is 2.23. The van der Waals surface area contributed by atoms with Crippen molar-refractivity contribution in [2.45, 2.75) is 51.5 Å². The smallest absolute Gasteiger partial charge is 0.222 e. The van der Waals surface area contributed by atoms with E-state index in [-0.39, 0.29) is 11.8 Å². The van der Waals surface area contributed by atoms with E-state index in [0.717, 1.165) is 38.6 Å². The number of rotatable bonds is 6. The minimum atomic E-state index is -0.138. The molecule has 0 aliphatic heterocycles. The first-order valence-corrected chi connectivity index (χ1v) is 6.43. The Balaban J connectivity index is 2.27. The van der Waals surface area contributed by atoms with E-state index in [1.165, 1.54) is 6.42 Å². The van der Waals surface area contributed by atoms with Gasteiger partial charge in [0.2, 0.25) is 5.91 Å². The summed E-state index contributed by atoms with van der Waals surface area (Å²) in [4.78, 5) is 11.3. The zero-order chi connectivity index (χ0) is 11.8. The topological polar surface area (TPSA) is 55.1 Å². The van der Waals surface area contributed by atoms with Gasteiger partial charge in [-0.25, -0.2) is 0 Å². The van der Waals surface area contributed by atoms with Gasteiger partial charge in [-0.15, -0.1) is 0 Å². The van der Waals surface area contributed by atoms with Gasteiger partial charge in [0.05, 0.1) is 5.92 Å². The lowest BCUT2D eigenvalue weighted by Crippen LogP contribution is -2.44. The van der Waals surface area contributed by atoms with E-state index in [9.17, 15) is 4.79 Å². The molecule has 1 fully saturated rings. The predicted octanol–water partition coefficient (Wildman–Crippen LogP) is 1.98. The van der Waals surface area contributed by atoms with Crippen molar-refractivity contribution in [3.8, 4) is 0 Å². The molecule has 16 heavy (non-hydrogen) atoms. The Labute approximate surface area is 98.5 Å². The molecule has 3 N–H and O–H groups in total. The molecule has 0 heterocycles. The molecule has 0 aromatic rings. The highest BCUT2D eigenvalue weighted by atomic mass is 16.1. The molecule has 3 nitrogen and oxygen atoms in total.